The Labute approximate surface area is 215 Å². The highest BCUT2D eigenvalue weighted by Gasteiger charge is 2.20. The fourth-order valence-electron chi connectivity index (χ4n) is 3.69. The average Bonchev–Trinajstić information content (AvgIpc) is 3.46. The molecule has 0 unspecified atom stereocenters. The number of ether oxygens (including phenoxy) is 3. The standard InChI is InChI=1S/C25H21N3O7S2/c1-15-6-8-18(9-7-15)37(31,32)27-17-5-3-4-16(10-17)24(30)26-25-28(13-23(29)33-2)19-11-20-21(35-14-34-20)12-22(19)36-25/h3-12,27H,13-14H2,1-2H3. The van der Waals surface area contributed by atoms with Crippen molar-refractivity contribution < 1.29 is 32.2 Å². The molecule has 0 bridgehead atoms. The third-order valence-electron chi connectivity index (χ3n) is 5.58. The van der Waals surface area contributed by atoms with Crippen LogP contribution >= 0.6 is 11.3 Å². The Morgan fingerprint density at radius 1 is 1.08 bits per heavy atom. The zero-order chi connectivity index (χ0) is 26.2. The van der Waals surface area contributed by atoms with Crippen molar-refractivity contribution in [2.45, 2.75) is 18.4 Å². The summed E-state index contributed by atoms with van der Waals surface area (Å²) in [7, 11) is -2.57. The van der Waals surface area contributed by atoms with Crippen LogP contribution in [0.5, 0.6) is 11.5 Å². The second-order valence-corrected chi connectivity index (χ2v) is 10.8. The smallest absolute Gasteiger partial charge is 0.325 e. The Bertz CT molecular complexity index is 1700. The maximum absolute atomic E-state index is 13.1. The number of hydrogen-bond donors (Lipinski definition) is 1. The van der Waals surface area contributed by atoms with Gasteiger partial charge in [-0.15, -0.1) is 0 Å². The Morgan fingerprint density at radius 3 is 2.54 bits per heavy atom. The summed E-state index contributed by atoms with van der Waals surface area (Å²) in [5, 5.41) is 0. The fourth-order valence-corrected chi connectivity index (χ4v) is 5.78. The van der Waals surface area contributed by atoms with E-state index in [-0.39, 0.29) is 34.3 Å². The molecule has 0 radical (unpaired) electrons. The maximum atomic E-state index is 13.1. The SMILES string of the molecule is COC(=O)Cn1c(=NC(=O)c2cccc(NS(=O)(=O)c3ccc(C)cc3)c2)sc2cc3c(cc21)OCO3. The molecule has 1 aliphatic heterocycles. The van der Waals surface area contributed by atoms with Gasteiger partial charge in [-0.1, -0.05) is 35.1 Å². The van der Waals surface area contributed by atoms with Gasteiger partial charge in [0.15, 0.2) is 16.3 Å². The number of amides is 1. The fraction of sp³-hybridized carbons (Fsp3) is 0.160. The maximum Gasteiger partial charge on any atom is 0.325 e. The van der Waals surface area contributed by atoms with Crippen LogP contribution in [0.3, 0.4) is 0 Å². The van der Waals surface area contributed by atoms with Crippen molar-refractivity contribution in [1.29, 1.82) is 0 Å². The molecule has 2 heterocycles. The van der Waals surface area contributed by atoms with Gasteiger partial charge in [0.2, 0.25) is 6.79 Å². The van der Waals surface area contributed by atoms with E-state index in [4.69, 9.17) is 14.2 Å². The van der Waals surface area contributed by atoms with Crippen LogP contribution in [0.25, 0.3) is 10.2 Å². The van der Waals surface area contributed by atoms with E-state index in [1.807, 2.05) is 6.92 Å². The zero-order valence-electron chi connectivity index (χ0n) is 19.8. The minimum atomic E-state index is -3.85. The van der Waals surface area contributed by atoms with Crippen molar-refractivity contribution in [3.05, 3.63) is 76.6 Å². The lowest BCUT2D eigenvalue weighted by Gasteiger charge is -2.09. The second-order valence-electron chi connectivity index (χ2n) is 8.14. The van der Waals surface area contributed by atoms with E-state index in [2.05, 4.69) is 9.71 Å². The van der Waals surface area contributed by atoms with Crippen LogP contribution in [0.4, 0.5) is 5.69 Å². The van der Waals surface area contributed by atoms with Crippen molar-refractivity contribution in [2.24, 2.45) is 4.99 Å². The van der Waals surface area contributed by atoms with E-state index in [9.17, 15) is 18.0 Å². The summed E-state index contributed by atoms with van der Waals surface area (Å²) >= 11 is 1.20. The van der Waals surface area contributed by atoms with Gasteiger partial charge < -0.3 is 18.8 Å². The van der Waals surface area contributed by atoms with E-state index in [1.165, 1.54) is 42.7 Å². The Kier molecular flexibility index (Phi) is 6.44. The summed E-state index contributed by atoms with van der Waals surface area (Å²) in [5.41, 5.74) is 1.95. The van der Waals surface area contributed by atoms with Gasteiger partial charge in [0.1, 0.15) is 6.54 Å². The molecule has 10 nitrogen and oxygen atoms in total. The minimum absolute atomic E-state index is 0.101. The lowest BCUT2D eigenvalue weighted by atomic mass is 10.2. The molecular formula is C25H21N3O7S2. The van der Waals surface area contributed by atoms with Crippen LogP contribution in [0.15, 0.2) is 70.6 Å². The first kappa shape index (κ1) is 24.5. The topological polar surface area (TPSA) is 125 Å². The predicted octanol–water partition coefficient (Wildman–Crippen LogP) is 3.45. The number of carbonyl (C=O) groups is 2. The molecular weight excluding hydrogens is 518 g/mol. The van der Waals surface area contributed by atoms with Crippen molar-refractivity contribution in [3.63, 3.8) is 0 Å². The summed E-state index contributed by atoms with van der Waals surface area (Å²) in [6, 6.07) is 16.0. The molecule has 190 valence electrons. The Morgan fingerprint density at radius 2 is 1.81 bits per heavy atom. The van der Waals surface area contributed by atoms with Crippen LogP contribution in [0.2, 0.25) is 0 Å². The van der Waals surface area contributed by atoms with E-state index < -0.39 is 21.9 Å². The number of thiazole rings is 1. The highest BCUT2D eigenvalue weighted by Crippen LogP contribution is 2.37. The molecule has 0 fully saturated rings. The molecule has 1 aliphatic rings. The summed E-state index contributed by atoms with van der Waals surface area (Å²) in [6.45, 7) is 1.80. The highest BCUT2D eigenvalue weighted by molar-refractivity contribution is 7.92. The number of rotatable bonds is 6. The number of benzene rings is 3. The number of anilines is 1. The Hall–Kier alpha value is -4.16. The van der Waals surface area contributed by atoms with Crippen LogP contribution in [0.1, 0.15) is 15.9 Å². The monoisotopic (exact) mass is 539 g/mol. The lowest BCUT2D eigenvalue weighted by Crippen LogP contribution is -2.22. The van der Waals surface area contributed by atoms with Gasteiger partial charge in [-0.2, -0.15) is 4.99 Å². The minimum Gasteiger partial charge on any atom is -0.468 e. The molecule has 0 spiro atoms. The van der Waals surface area contributed by atoms with E-state index in [0.29, 0.717) is 17.0 Å². The summed E-state index contributed by atoms with van der Waals surface area (Å²) in [6.07, 6.45) is 0. The summed E-state index contributed by atoms with van der Waals surface area (Å²) < 4.78 is 46.0. The third kappa shape index (κ3) is 5.06. The first-order valence-corrected chi connectivity index (χ1v) is 13.3. The first-order valence-electron chi connectivity index (χ1n) is 11.0. The molecule has 37 heavy (non-hydrogen) atoms. The predicted molar refractivity (Wildman–Crippen MR) is 136 cm³/mol. The van der Waals surface area contributed by atoms with Gasteiger partial charge in [0, 0.05) is 23.4 Å². The number of nitrogens with zero attached hydrogens (tertiary/aromatic N) is 2. The van der Waals surface area contributed by atoms with E-state index >= 15 is 0 Å². The van der Waals surface area contributed by atoms with E-state index in [1.54, 1.807) is 41.0 Å². The number of hydrogen-bond acceptors (Lipinski definition) is 8. The molecule has 1 N–H and O–H groups in total. The Balaban J connectivity index is 1.49. The normalized spacial score (nSPS) is 13.1. The van der Waals surface area contributed by atoms with Gasteiger partial charge >= 0.3 is 5.97 Å². The first-order chi connectivity index (χ1) is 17.7. The lowest BCUT2D eigenvalue weighted by molar-refractivity contribution is -0.141. The van der Waals surface area contributed by atoms with Crippen molar-refractivity contribution in [3.8, 4) is 11.5 Å². The van der Waals surface area contributed by atoms with Crippen molar-refractivity contribution >= 4 is 49.1 Å². The largest absolute Gasteiger partial charge is 0.468 e. The van der Waals surface area contributed by atoms with Crippen LogP contribution in [-0.2, 0) is 26.1 Å². The zero-order valence-corrected chi connectivity index (χ0v) is 21.4. The number of aryl methyl sites for hydroxylation is 1. The number of methoxy groups -OCH3 is 1. The molecule has 4 aromatic rings. The molecule has 0 saturated heterocycles. The molecule has 1 aromatic heterocycles. The van der Waals surface area contributed by atoms with Gasteiger partial charge in [-0.3, -0.25) is 14.3 Å². The number of sulfonamides is 1. The molecule has 1 amide bonds. The van der Waals surface area contributed by atoms with Gasteiger partial charge in [0.05, 0.1) is 22.2 Å². The van der Waals surface area contributed by atoms with Gasteiger partial charge in [-0.05, 0) is 37.3 Å². The summed E-state index contributed by atoms with van der Waals surface area (Å²) in [4.78, 5) is 29.8. The van der Waals surface area contributed by atoms with E-state index in [0.717, 1.165) is 10.3 Å². The molecule has 0 saturated carbocycles. The van der Waals surface area contributed by atoms with Crippen molar-refractivity contribution in [1.82, 2.24) is 4.57 Å². The molecule has 12 heteroatoms. The molecule has 0 aliphatic carbocycles. The number of carbonyl (C=O) groups excluding carboxylic acids is 2. The van der Waals surface area contributed by atoms with Crippen LogP contribution < -0.4 is 19.0 Å². The highest BCUT2D eigenvalue weighted by atomic mass is 32.2. The van der Waals surface area contributed by atoms with Crippen LogP contribution in [0, 0.1) is 6.92 Å². The quantitative estimate of drug-likeness (QED) is 0.372. The number of nitrogens with one attached hydrogen (secondary N) is 1. The number of aromatic nitrogens is 1. The molecule has 5 rings (SSSR count). The number of esters is 1. The second kappa shape index (κ2) is 9.71. The van der Waals surface area contributed by atoms with Crippen molar-refractivity contribution in [2.75, 3.05) is 18.6 Å². The van der Waals surface area contributed by atoms with Crippen LogP contribution in [-0.4, -0.2) is 38.8 Å². The number of fused-ring (bicyclic) bond motifs is 2. The summed E-state index contributed by atoms with van der Waals surface area (Å²) in [5.74, 6) is -0.0406. The average molecular weight is 540 g/mol. The molecule has 3 aromatic carbocycles. The van der Waals surface area contributed by atoms with Gasteiger partial charge in [-0.25, -0.2) is 8.42 Å². The molecule has 0 atom stereocenters. The van der Waals surface area contributed by atoms with Gasteiger partial charge in [0.25, 0.3) is 15.9 Å². The third-order valence-corrected chi connectivity index (χ3v) is 8.02.